The number of ether oxygens (including phenoxy) is 1. The molecular weight excluding hydrogens is 258 g/mol. The Kier molecular flexibility index (Phi) is 4.89. The van der Waals surface area contributed by atoms with Crippen LogP contribution in [-0.2, 0) is 11.3 Å². The van der Waals surface area contributed by atoms with Crippen molar-refractivity contribution < 1.29 is 4.74 Å². The number of benzene rings is 1. The van der Waals surface area contributed by atoms with Crippen molar-refractivity contribution in [1.29, 1.82) is 0 Å². The Morgan fingerprint density at radius 3 is 2.86 bits per heavy atom. The van der Waals surface area contributed by atoms with Gasteiger partial charge < -0.3 is 4.74 Å². The van der Waals surface area contributed by atoms with E-state index in [1.54, 1.807) is 0 Å². The van der Waals surface area contributed by atoms with Crippen LogP contribution in [0.25, 0.3) is 5.57 Å². The number of fused-ring (bicyclic) bond motifs is 1. The number of hydrogen-bond acceptors (Lipinski definition) is 2. The Morgan fingerprint density at radius 1 is 1.19 bits per heavy atom. The van der Waals surface area contributed by atoms with Gasteiger partial charge in [-0.05, 0) is 54.6 Å². The van der Waals surface area contributed by atoms with Gasteiger partial charge in [-0.2, -0.15) is 0 Å². The van der Waals surface area contributed by atoms with Crippen LogP contribution in [0.1, 0.15) is 36.8 Å². The lowest BCUT2D eigenvalue weighted by Crippen LogP contribution is -2.31. The summed E-state index contributed by atoms with van der Waals surface area (Å²) in [5.41, 5.74) is 5.25. The summed E-state index contributed by atoms with van der Waals surface area (Å²) in [5, 5.41) is 0. The van der Waals surface area contributed by atoms with Crippen LogP contribution in [0, 0.1) is 0 Å². The maximum atomic E-state index is 5.70. The minimum Gasteiger partial charge on any atom is -0.376 e. The van der Waals surface area contributed by atoms with E-state index in [2.05, 4.69) is 41.8 Å². The van der Waals surface area contributed by atoms with Gasteiger partial charge in [0.25, 0.3) is 0 Å². The molecule has 2 heteroatoms. The highest BCUT2D eigenvalue weighted by molar-refractivity contribution is 5.71. The first-order chi connectivity index (χ1) is 10.3. The molecule has 0 bridgehead atoms. The Labute approximate surface area is 128 Å². The molecule has 0 saturated carbocycles. The van der Waals surface area contributed by atoms with Gasteiger partial charge in [-0.25, -0.2) is 0 Å². The molecule has 2 aliphatic rings. The van der Waals surface area contributed by atoms with Crippen molar-refractivity contribution in [2.75, 3.05) is 26.2 Å². The van der Waals surface area contributed by atoms with Crippen LogP contribution in [0.2, 0.25) is 0 Å². The van der Waals surface area contributed by atoms with Gasteiger partial charge >= 0.3 is 0 Å². The predicted molar refractivity (Wildman–Crippen MR) is 88.1 cm³/mol. The lowest BCUT2D eigenvalue weighted by molar-refractivity contribution is 0.130. The third-order valence-electron chi connectivity index (χ3n) is 4.39. The molecule has 2 nitrogen and oxygen atoms in total. The van der Waals surface area contributed by atoms with Crippen molar-refractivity contribution >= 4 is 5.57 Å². The largest absolute Gasteiger partial charge is 0.376 e. The van der Waals surface area contributed by atoms with Crippen LogP contribution in [-0.4, -0.2) is 31.1 Å². The summed E-state index contributed by atoms with van der Waals surface area (Å²) in [6.07, 6.45) is 7.33. The molecule has 2 aliphatic heterocycles. The van der Waals surface area contributed by atoms with Crippen molar-refractivity contribution in [2.45, 2.75) is 32.3 Å². The maximum absolute atomic E-state index is 5.70. The molecule has 0 spiro atoms. The minimum absolute atomic E-state index is 0.728. The second kappa shape index (κ2) is 7.06. The van der Waals surface area contributed by atoms with Crippen LogP contribution in [0.4, 0.5) is 0 Å². The van der Waals surface area contributed by atoms with Gasteiger partial charge in [0, 0.05) is 6.54 Å². The zero-order chi connectivity index (χ0) is 14.5. The van der Waals surface area contributed by atoms with Crippen LogP contribution in [0.5, 0.6) is 0 Å². The zero-order valence-electron chi connectivity index (χ0n) is 12.8. The molecule has 0 aromatic heterocycles. The van der Waals surface area contributed by atoms with Crippen LogP contribution >= 0.6 is 0 Å². The molecular formula is C19H25NO. The van der Waals surface area contributed by atoms with Gasteiger partial charge in [-0.3, -0.25) is 4.90 Å². The smallest absolute Gasteiger partial charge is 0.0722 e. The van der Waals surface area contributed by atoms with E-state index in [1.807, 2.05) is 0 Å². The molecule has 0 radical (unpaired) electrons. The highest BCUT2D eigenvalue weighted by atomic mass is 16.5. The first-order valence-corrected chi connectivity index (χ1v) is 8.09. The predicted octanol–water partition coefficient (Wildman–Crippen LogP) is 4.03. The van der Waals surface area contributed by atoms with E-state index in [0.29, 0.717) is 0 Å². The van der Waals surface area contributed by atoms with Gasteiger partial charge in [-0.1, -0.05) is 43.3 Å². The third-order valence-corrected chi connectivity index (χ3v) is 4.39. The Hall–Kier alpha value is -1.38. The lowest BCUT2D eigenvalue weighted by atomic mass is 9.96. The van der Waals surface area contributed by atoms with Gasteiger partial charge in [0.2, 0.25) is 0 Å². The highest BCUT2D eigenvalue weighted by Crippen LogP contribution is 2.27. The molecule has 3 rings (SSSR count). The van der Waals surface area contributed by atoms with Crippen LogP contribution in [0.3, 0.4) is 0 Å². The molecule has 112 valence electrons. The van der Waals surface area contributed by atoms with Crippen LogP contribution < -0.4 is 0 Å². The first kappa shape index (κ1) is 14.6. The quantitative estimate of drug-likeness (QED) is 0.830. The van der Waals surface area contributed by atoms with E-state index in [-0.39, 0.29) is 0 Å². The Balaban J connectivity index is 1.73. The number of likely N-dealkylation sites (tertiary alicyclic amines) is 1. The van der Waals surface area contributed by atoms with E-state index in [4.69, 9.17) is 4.74 Å². The number of piperidine rings is 1. The first-order valence-electron chi connectivity index (χ1n) is 8.09. The molecule has 0 amide bonds. The SMILES string of the molecule is C=C(/C=C1/CCOCc2ccccc21)CN1CCCCC1. The van der Waals surface area contributed by atoms with E-state index >= 15 is 0 Å². The molecule has 1 aromatic rings. The summed E-state index contributed by atoms with van der Waals surface area (Å²) in [5.74, 6) is 0. The highest BCUT2D eigenvalue weighted by Gasteiger charge is 2.14. The van der Waals surface area contributed by atoms with Gasteiger partial charge in [-0.15, -0.1) is 0 Å². The summed E-state index contributed by atoms with van der Waals surface area (Å²) in [6, 6.07) is 8.59. The fraction of sp³-hybridized carbons (Fsp3) is 0.474. The van der Waals surface area contributed by atoms with E-state index in [0.717, 1.165) is 26.2 Å². The number of rotatable bonds is 3. The Bertz CT molecular complexity index is 526. The summed E-state index contributed by atoms with van der Waals surface area (Å²) >= 11 is 0. The summed E-state index contributed by atoms with van der Waals surface area (Å²) < 4.78 is 5.70. The molecule has 0 atom stereocenters. The van der Waals surface area contributed by atoms with Crippen LogP contribution in [0.15, 0.2) is 42.5 Å². The molecule has 0 aliphatic carbocycles. The molecule has 0 unspecified atom stereocenters. The average molecular weight is 283 g/mol. The fourth-order valence-electron chi connectivity index (χ4n) is 3.31. The monoisotopic (exact) mass is 283 g/mol. The van der Waals surface area contributed by atoms with Crippen molar-refractivity contribution in [3.05, 3.63) is 53.6 Å². The minimum atomic E-state index is 0.728. The molecule has 1 fully saturated rings. The van der Waals surface area contributed by atoms with Gasteiger partial charge in [0.15, 0.2) is 0 Å². The molecule has 2 heterocycles. The molecule has 21 heavy (non-hydrogen) atoms. The number of nitrogens with zero attached hydrogens (tertiary/aromatic N) is 1. The fourth-order valence-corrected chi connectivity index (χ4v) is 3.31. The summed E-state index contributed by atoms with van der Waals surface area (Å²) in [4.78, 5) is 2.53. The molecule has 1 saturated heterocycles. The van der Waals surface area contributed by atoms with Crippen molar-refractivity contribution in [3.8, 4) is 0 Å². The standard InChI is InChI=1S/C19H25NO/c1-16(14-20-10-5-2-6-11-20)13-17-9-12-21-15-18-7-3-4-8-19(17)18/h3-4,7-8,13H,1-2,5-6,9-12,14-15H2/b17-13-. The summed E-state index contributed by atoms with van der Waals surface area (Å²) in [7, 11) is 0. The third kappa shape index (κ3) is 3.84. The number of hydrogen-bond donors (Lipinski definition) is 0. The maximum Gasteiger partial charge on any atom is 0.0722 e. The van der Waals surface area contributed by atoms with Gasteiger partial charge in [0.1, 0.15) is 0 Å². The topological polar surface area (TPSA) is 12.5 Å². The molecule has 1 aromatic carbocycles. The van der Waals surface area contributed by atoms with Crippen molar-refractivity contribution in [1.82, 2.24) is 4.90 Å². The average Bonchev–Trinajstić information content (AvgIpc) is 2.71. The summed E-state index contributed by atoms with van der Waals surface area (Å²) in [6.45, 7) is 9.27. The van der Waals surface area contributed by atoms with Crippen molar-refractivity contribution in [2.24, 2.45) is 0 Å². The second-order valence-electron chi connectivity index (χ2n) is 6.12. The van der Waals surface area contributed by atoms with E-state index < -0.39 is 0 Å². The lowest BCUT2D eigenvalue weighted by Gasteiger charge is -2.26. The van der Waals surface area contributed by atoms with E-state index in [9.17, 15) is 0 Å². The van der Waals surface area contributed by atoms with Gasteiger partial charge in [0.05, 0.1) is 13.2 Å². The normalized spacial score (nSPS) is 21.8. The second-order valence-corrected chi connectivity index (χ2v) is 6.12. The van der Waals surface area contributed by atoms with Crippen molar-refractivity contribution in [3.63, 3.8) is 0 Å². The molecule has 0 N–H and O–H groups in total. The zero-order valence-corrected chi connectivity index (χ0v) is 12.8. The Morgan fingerprint density at radius 2 is 2.00 bits per heavy atom. The van der Waals surface area contributed by atoms with E-state index in [1.165, 1.54) is 54.6 Å².